The normalized spacial score (nSPS) is 22.7. The molecule has 1 aliphatic carbocycles. The number of hydrogen-bond acceptors (Lipinski definition) is 1. The topological polar surface area (TPSA) is 12.0 Å². The lowest BCUT2D eigenvalue weighted by molar-refractivity contribution is 0.00556. The maximum Gasteiger partial charge on any atom is 0.248 e. The molecule has 1 saturated carbocycles. The van der Waals surface area contributed by atoms with Crippen LogP contribution in [0.4, 0.5) is 14.5 Å². The summed E-state index contributed by atoms with van der Waals surface area (Å²) in [5.74, 6) is -2.34. The number of halogens is 3. The van der Waals surface area contributed by atoms with E-state index in [0.29, 0.717) is 13.0 Å². The smallest absolute Gasteiger partial charge is 0.248 e. The van der Waals surface area contributed by atoms with Crippen molar-refractivity contribution in [2.24, 2.45) is 5.92 Å². The molecular weight excluding hydrogens is 335 g/mol. The van der Waals surface area contributed by atoms with Gasteiger partial charge in [0.05, 0.1) is 0 Å². The van der Waals surface area contributed by atoms with Crippen molar-refractivity contribution < 1.29 is 8.78 Å². The number of nitrogens with one attached hydrogen (secondary N) is 1. The van der Waals surface area contributed by atoms with Gasteiger partial charge in [-0.25, -0.2) is 8.78 Å². The summed E-state index contributed by atoms with van der Waals surface area (Å²) >= 11 is 2.28. The second kappa shape index (κ2) is 5.08. The van der Waals surface area contributed by atoms with Gasteiger partial charge in [0.25, 0.3) is 0 Å². The lowest BCUT2D eigenvalue weighted by atomic mass is 10.1. The van der Waals surface area contributed by atoms with Crippen molar-refractivity contribution in [2.45, 2.75) is 32.1 Å². The van der Waals surface area contributed by atoms with Crippen molar-refractivity contribution in [2.75, 3.05) is 11.9 Å². The summed E-state index contributed by atoms with van der Waals surface area (Å²) in [6, 6.07) is 6.11. The van der Waals surface area contributed by atoms with E-state index >= 15 is 0 Å². The zero-order chi connectivity index (χ0) is 12.5. The molecule has 1 aliphatic rings. The molecule has 0 saturated heterocycles. The predicted molar refractivity (Wildman–Crippen MR) is 74.7 cm³/mol. The minimum Gasteiger partial charge on any atom is -0.385 e. The van der Waals surface area contributed by atoms with Crippen molar-refractivity contribution >= 4 is 28.3 Å². The number of rotatable bonds is 3. The molecule has 4 heteroatoms. The summed E-state index contributed by atoms with van der Waals surface area (Å²) in [4.78, 5) is 0. The molecule has 0 aromatic heterocycles. The molecule has 2 rings (SSSR count). The number of anilines is 1. The lowest BCUT2D eigenvalue weighted by Crippen LogP contribution is -2.15. The van der Waals surface area contributed by atoms with E-state index in [1.165, 1.54) is 9.13 Å². The van der Waals surface area contributed by atoms with Crippen LogP contribution in [0.25, 0.3) is 0 Å². The van der Waals surface area contributed by atoms with Gasteiger partial charge in [-0.3, -0.25) is 0 Å². The van der Waals surface area contributed by atoms with Gasteiger partial charge in [0.2, 0.25) is 5.92 Å². The molecule has 0 bridgehead atoms. The molecule has 1 fully saturated rings. The number of alkyl halides is 2. The zero-order valence-electron chi connectivity index (χ0n) is 9.77. The van der Waals surface area contributed by atoms with E-state index in [2.05, 4.69) is 40.9 Å². The summed E-state index contributed by atoms with van der Waals surface area (Å²) in [6.45, 7) is 2.71. The van der Waals surface area contributed by atoms with Gasteiger partial charge >= 0.3 is 0 Å². The van der Waals surface area contributed by atoms with Crippen molar-refractivity contribution in [1.82, 2.24) is 0 Å². The fraction of sp³-hybridized carbons (Fsp3) is 0.538. The summed E-state index contributed by atoms with van der Waals surface area (Å²) in [7, 11) is 0. The average molecular weight is 351 g/mol. The van der Waals surface area contributed by atoms with Crippen LogP contribution in [0.1, 0.15) is 24.8 Å². The Hall–Kier alpha value is -0.390. The SMILES string of the molecule is Cc1ccc(NCC2CCC(F)(F)C2)cc1I. The highest BCUT2D eigenvalue weighted by atomic mass is 127. The molecule has 1 nitrogen and oxygen atoms in total. The first-order valence-corrected chi connectivity index (χ1v) is 6.92. The lowest BCUT2D eigenvalue weighted by Gasteiger charge is -2.13. The van der Waals surface area contributed by atoms with E-state index in [9.17, 15) is 8.78 Å². The van der Waals surface area contributed by atoms with Gasteiger partial charge < -0.3 is 5.32 Å². The Morgan fingerprint density at radius 1 is 1.47 bits per heavy atom. The third-order valence-electron chi connectivity index (χ3n) is 3.27. The van der Waals surface area contributed by atoms with Gasteiger partial charge in [-0.2, -0.15) is 0 Å². The minimum atomic E-state index is -2.44. The van der Waals surface area contributed by atoms with E-state index in [0.717, 1.165) is 5.69 Å². The Kier molecular flexibility index (Phi) is 3.90. The molecule has 0 amide bonds. The van der Waals surface area contributed by atoms with Gasteiger partial charge in [-0.15, -0.1) is 0 Å². The van der Waals surface area contributed by atoms with E-state index in [4.69, 9.17) is 0 Å². The highest BCUT2D eigenvalue weighted by molar-refractivity contribution is 14.1. The Morgan fingerprint density at radius 3 is 2.82 bits per heavy atom. The molecule has 0 aliphatic heterocycles. The molecule has 94 valence electrons. The Morgan fingerprint density at radius 2 is 2.24 bits per heavy atom. The van der Waals surface area contributed by atoms with Crippen LogP contribution in [0.3, 0.4) is 0 Å². The molecule has 0 heterocycles. The highest BCUT2D eigenvalue weighted by Crippen LogP contribution is 2.38. The van der Waals surface area contributed by atoms with Crippen LogP contribution in [0.15, 0.2) is 18.2 Å². The summed E-state index contributed by atoms with van der Waals surface area (Å²) in [6.07, 6.45) is 0.705. The number of aryl methyl sites for hydroxylation is 1. The molecule has 0 spiro atoms. The molecule has 1 aromatic carbocycles. The second-order valence-electron chi connectivity index (χ2n) is 4.81. The van der Waals surface area contributed by atoms with Crippen LogP contribution in [0.2, 0.25) is 0 Å². The molecule has 17 heavy (non-hydrogen) atoms. The standard InChI is InChI=1S/C13H16F2IN/c1-9-2-3-11(6-12(9)16)17-8-10-4-5-13(14,15)7-10/h2-3,6,10,17H,4-5,7-8H2,1H3. The maximum atomic E-state index is 13.0. The molecule has 1 N–H and O–H groups in total. The zero-order valence-corrected chi connectivity index (χ0v) is 11.9. The van der Waals surface area contributed by atoms with Gasteiger partial charge in [0.15, 0.2) is 0 Å². The monoisotopic (exact) mass is 351 g/mol. The predicted octanol–water partition coefficient (Wildman–Crippen LogP) is 4.45. The number of benzene rings is 1. The van der Waals surface area contributed by atoms with Crippen molar-refractivity contribution in [1.29, 1.82) is 0 Å². The largest absolute Gasteiger partial charge is 0.385 e. The Labute approximate surface area is 114 Å². The van der Waals surface area contributed by atoms with E-state index in [-0.39, 0.29) is 18.8 Å². The van der Waals surface area contributed by atoms with Gasteiger partial charge in [0, 0.05) is 28.6 Å². The highest BCUT2D eigenvalue weighted by Gasteiger charge is 2.38. The Balaban J connectivity index is 1.88. The third-order valence-corrected chi connectivity index (χ3v) is 4.43. The van der Waals surface area contributed by atoms with Crippen molar-refractivity contribution in [3.63, 3.8) is 0 Å². The van der Waals surface area contributed by atoms with Crippen LogP contribution < -0.4 is 5.32 Å². The summed E-state index contributed by atoms with van der Waals surface area (Å²) in [5.41, 5.74) is 2.26. The minimum absolute atomic E-state index is 0.0307. The molecule has 0 radical (unpaired) electrons. The Bertz CT molecular complexity index is 406. The average Bonchev–Trinajstić information content (AvgIpc) is 2.60. The van der Waals surface area contributed by atoms with Crippen LogP contribution in [-0.2, 0) is 0 Å². The van der Waals surface area contributed by atoms with Crippen LogP contribution >= 0.6 is 22.6 Å². The first-order chi connectivity index (χ1) is 7.96. The van der Waals surface area contributed by atoms with Gasteiger partial charge in [-0.05, 0) is 59.5 Å². The van der Waals surface area contributed by atoms with Crippen molar-refractivity contribution in [3.05, 3.63) is 27.3 Å². The maximum absolute atomic E-state index is 13.0. The first kappa shape index (κ1) is 13.1. The molecular formula is C13H16F2IN. The van der Waals surface area contributed by atoms with Crippen LogP contribution in [-0.4, -0.2) is 12.5 Å². The van der Waals surface area contributed by atoms with Crippen LogP contribution in [0.5, 0.6) is 0 Å². The van der Waals surface area contributed by atoms with Crippen molar-refractivity contribution in [3.8, 4) is 0 Å². The van der Waals surface area contributed by atoms with Gasteiger partial charge in [0.1, 0.15) is 0 Å². The quantitative estimate of drug-likeness (QED) is 0.794. The fourth-order valence-corrected chi connectivity index (χ4v) is 2.70. The first-order valence-electron chi connectivity index (χ1n) is 5.84. The fourth-order valence-electron chi connectivity index (χ4n) is 2.18. The summed E-state index contributed by atoms with van der Waals surface area (Å²) < 4.78 is 27.2. The molecule has 1 unspecified atom stereocenters. The third kappa shape index (κ3) is 3.53. The summed E-state index contributed by atoms with van der Waals surface area (Å²) in [5, 5.41) is 3.25. The van der Waals surface area contributed by atoms with E-state index < -0.39 is 5.92 Å². The molecule has 1 aromatic rings. The van der Waals surface area contributed by atoms with Gasteiger partial charge in [-0.1, -0.05) is 6.07 Å². The number of hydrogen-bond donors (Lipinski definition) is 1. The van der Waals surface area contributed by atoms with Crippen LogP contribution in [0, 0.1) is 16.4 Å². The molecule has 1 atom stereocenters. The van der Waals surface area contributed by atoms with E-state index in [1.54, 1.807) is 0 Å². The van der Waals surface area contributed by atoms with E-state index in [1.807, 2.05) is 12.1 Å². The second-order valence-corrected chi connectivity index (χ2v) is 5.97.